The molecule has 0 spiro atoms. The molecule has 0 aliphatic heterocycles. The van der Waals surface area contributed by atoms with Crippen molar-refractivity contribution in [2.45, 2.75) is 11.8 Å². The number of halogens is 1. The minimum Gasteiger partial charge on any atom is -0.322 e. The van der Waals surface area contributed by atoms with Crippen molar-refractivity contribution >= 4 is 50.6 Å². The lowest BCUT2D eigenvalue weighted by molar-refractivity contribution is -0.114. The van der Waals surface area contributed by atoms with Gasteiger partial charge in [0.15, 0.2) is 10.3 Å². The number of thiazole rings is 1. The van der Waals surface area contributed by atoms with Gasteiger partial charge in [0.1, 0.15) is 11.0 Å². The van der Waals surface area contributed by atoms with E-state index in [4.69, 9.17) is 17.3 Å². The molecular formula is C17H16ClN5O2S2. The van der Waals surface area contributed by atoms with Crippen LogP contribution in [0.15, 0.2) is 47.5 Å². The third-order valence-corrected chi connectivity index (χ3v) is 6.02. The second-order valence-corrected chi connectivity index (χ2v) is 8.00. The molecule has 1 aromatic carbocycles. The highest BCUT2D eigenvalue weighted by molar-refractivity contribution is 7.86. The maximum absolute atomic E-state index is 12.5. The molecule has 2 aromatic heterocycles. The van der Waals surface area contributed by atoms with Crippen molar-refractivity contribution in [3.8, 4) is 10.4 Å². The number of carbonyl (C=O) groups excluding carboxylic acids is 1. The minimum absolute atomic E-state index is 0.115. The van der Waals surface area contributed by atoms with Crippen LogP contribution in [-0.2, 0) is 15.8 Å². The van der Waals surface area contributed by atoms with Crippen molar-refractivity contribution in [3.05, 3.63) is 53.4 Å². The molecule has 0 fully saturated rings. The smallest absolute Gasteiger partial charge is 0.239 e. The maximum Gasteiger partial charge on any atom is 0.239 e. The number of pyridine rings is 1. The van der Waals surface area contributed by atoms with Crippen LogP contribution >= 0.6 is 22.9 Å². The topological polar surface area (TPSA) is 110 Å². The van der Waals surface area contributed by atoms with Gasteiger partial charge in [-0.1, -0.05) is 41.1 Å². The van der Waals surface area contributed by atoms with E-state index >= 15 is 0 Å². The number of carbonyl (C=O) groups is 1. The monoisotopic (exact) mass is 421 g/mol. The molecule has 0 radical (unpaired) electrons. The largest absolute Gasteiger partial charge is 0.322 e. The van der Waals surface area contributed by atoms with E-state index in [9.17, 15) is 9.00 Å². The van der Waals surface area contributed by atoms with Crippen molar-refractivity contribution < 1.29 is 9.00 Å². The van der Waals surface area contributed by atoms with Crippen molar-refractivity contribution in [1.82, 2.24) is 9.97 Å². The molecule has 3 rings (SSSR count). The summed E-state index contributed by atoms with van der Waals surface area (Å²) < 4.78 is 15.4. The fourth-order valence-electron chi connectivity index (χ4n) is 2.23. The molecule has 10 heteroatoms. The summed E-state index contributed by atoms with van der Waals surface area (Å²) in [4.78, 5) is 21.4. The Morgan fingerprint density at radius 2 is 2.07 bits per heavy atom. The minimum atomic E-state index is -1.48. The number of aryl methyl sites for hydroxylation is 1. The summed E-state index contributed by atoms with van der Waals surface area (Å²) in [5, 5.41) is 3.30. The lowest BCUT2D eigenvalue weighted by Gasteiger charge is -2.09. The number of rotatable bonds is 6. The average molecular weight is 422 g/mol. The summed E-state index contributed by atoms with van der Waals surface area (Å²) in [6, 6.07) is 10.7. The van der Waals surface area contributed by atoms with Crippen LogP contribution in [-0.4, -0.2) is 26.6 Å². The highest BCUT2D eigenvalue weighted by Crippen LogP contribution is 2.35. The molecule has 7 nitrogen and oxygen atoms in total. The lowest BCUT2D eigenvalue weighted by atomic mass is 10.2. The quantitative estimate of drug-likeness (QED) is 0.529. The summed E-state index contributed by atoms with van der Waals surface area (Å²) in [7, 11) is -1.48. The number of anilines is 2. The van der Waals surface area contributed by atoms with Crippen LogP contribution in [0.1, 0.15) is 5.69 Å². The van der Waals surface area contributed by atoms with E-state index in [0.29, 0.717) is 15.7 Å². The molecule has 3 aromatic rings. The Balaban J connectivity index is 1.87. The fourth-order valence-corrected chi connectivity index (χ4v) is 4.28. The Hall–Kier alpha value is -2.33. The summed E-state index contributed by atoms with van der Waals surface area (Å²) in [6.07, 6.45) is 1.61. The third-order valence-electron chi connectivity index (χ3n) is 3.49. The van der Waals surface area contributed by atoms with Crippen LogP contribution in [0.3, 0.4) is 0 Å². The molecule has 27 heavy (non-hydrogen) atoms. The normalized spacial score (nSPS) is 11.8. The Kier molecular flexibility index (Phi) is 6.17. The predicted molar refractivity (Wildman–Crippen MR) is 109 cm³/mol. The summed E-state index contributed by atoms with van der Waals surface area (Å²) in [5.74, 6) is -0.315. The van der Waals surface area contributed by atoms with E-state index in [1.165, 1.54) is 11.3 Å². The summed E-state index contributed by atoms with van der Waals surface area (Å²) in [5.41, 5.74) is 7.22. The van der Waals surface area contributed by atoms with Gasteiger partial charge in [0.05, 0.1) is 27.7 Å². The van der Waals surface area contributed by atoms with Crippen LogP contribution in [0, 0.1) is 6.92 Å². The highest BCUT2D eigenvalue weighted by atomic mass is 35.5. The second kappa shape index (κ2) is 8.57. The van der Waals surface area contributed by atoms with E-state index in [0.717, 1.165) is 16.1 Å². The first-order valence-electron chi connectivity index (χ1n) is 7.84. The van der Waals surface area contributed by atoms with Gasteiger partial charge in [0, 0.05) is 11.8 Å². The van der Waals surface area contributed by atoms with Gasteiger partial charge >= 0.3 is 0 Å². The third kappa shape index (κ3) is 4.69. The first-order chi connectivity index (χ1) is 13.0. The van der Waals surface area contributed by atoms with Gasteiger partial charge in [-0.15, -0.1) is 0 Å². The molecule has 140 valence electrons. The zero-order valence-electron chi connectivity index (χ0n) is 14.2. The zero-order valence-corrected chi connectivity index (χ0v) is 16.6. The van der Waals surface area contributed by atoms with Gasteiger partial charge in [0.2, 0.25) is 5.91 Å². The van der Waals surface area contributed by atoms with Gasteiger partial charge in [-0.05, 0) is 25.1 Å². The highest BCUT2D eigenvalue weighted by Gasteiger charge is 2.15. The molecule has 4 N–H and O–H groups in total. The Bertz CT molecular complexity index is 994. The fraction of sp³-hybridized carbons (Fsp3) is 0.118. The van der Waals surface area contributed by atoms with Crippen molar-refractivity contribution in [2.24, 2.45) is 5.73 Å². The van der Waals surface area contributed by atoms with Gasteiger partial charge in [0.25, 0.3) is 0 Å². The van der Waals surface area contributed by atoms with Crippen molar-refractivity contribution in [2.75, 3.05) is 16.6 Å². The number of aromatic nitrogens is 2. The number of hydrogen-bond donors (Lipinski definition) is 3. The molecular weight excluding hydrogens is 406 g/mol. The number of nitrogens with zero attached hydrogens (tertiary/aromatic N) is 2. The SMILES string of the molecule is Cc1nc(NC(=O)CN)sc1-c1cnc(Cl)c(NS(=O)c2ccccc2)c1. The lowest BCUT2D eigenvalue weighted by Crippen LogP contribution is -2.21. The molecule has 1 atom stereocenters. The second-order valence-electron chi connectivity index (χ2n) is 5.43. The maximum atomic E-state index is 12.5. The number of nitrogens with two attached hydrogens (primary N) is 1. The van der Waals surface area contributed by atoms with E-state index in [2.05, 4.69) is 20.0 Å². The van der Waals surface area contributed by atoms with Gasteiger partial charge < -0.3 is 11.1 Å². The summed E-state index contributed by atoms with van der Waals surface area (Å²) >= 11 is 7.46. The molecule has 0 bridgehead atoms. The van der Waals surface area contributed by atoms with E-state index in [1.807, 2.05) is 25.1 Å². The van der Waals surface area contributed by atoms with Crippen LogP contribution in [0.4, 0.5) is 10.8 Å². The average Bonchev–Trinajstić information content (AvgIpc) is 3.04. The Morgan fingerprint density at radius 3 is 2.78 bits per heavy atom. The molecule has 0 saturated carbocycles. The number of benzene rings is 1. The van der Waals surface area contributed by atoms with Crippen LogP contribution in [0.25, 0.3) is 10.4 Å². The van der Waals surface area contributed by atoms with Crippen LogP contribution in [0.2, 0.25) is 5.15 Å². The zero-order chi connectivity index (χ0) is 19.4. The Labute approximate surface area is 167 Å². The number of amides is 1. The van der Waals surface area contributed by atoms with E-state index in [-0.39, 0.29) is 17.6 Å². The number of hydrogen-bond acceptors (Lipinski definition) is 6. The standard InChI is InChI=1S/C17H16ClN5O2S2/c1-10-15(26-17(21-10)22-14(24)8-19)11-7-13(16(18)20-9-11)23-27(25)12-5-3-2-4-6-12/h2-7,9,23H,8,19H2,1H3,(H,21,22,24). The summed E-state index contributed by atoms with van der Waals surface area (Å²) in [6.45, 7) is 1.71. The molecule has 1 unspecified atom stereocenters. The number of nitrogens with one attached hydrogen (secondary N) is 2. The van der Waals surface area contributed by atoms with Crippen LogP contribution < -0.4 is 15.8 Å². The first kappa shape index (κ1) is 19.4. The molecule has 0 saturated heterocycles. The Morgan fingerprint density at radius 1 is 1.33 bits per heavy atom. The van der Waals surface area contributed by atoms with E-state index in [1.54, 1.807) is 24.4 Å². The first-order valence-corrected chi connectivity index (χ1v) is 10.2. The predicted octanol–water partition coefficient (Wildman–Crippen LogP) is 3.20. The van der Waals surface area contributed by atoms with Gasteiger partial charge in [-0.2, -0.15) is 0 Å². The molecule has 1 amide bonds. The van der Waals surface area contributed by atoms with Crippen LogP contribution in [0.5, 0.6) is 0 Å². The van der Waals surface area contributed by atoms with Gasteiger partial charge in [-0.25, -0.2) is 14.2 Å². The molecule has 0 aliphatic rings. The molecule has 2 heterocycles. The molecule has 0 aliphatic carbocycles. The van der Waals surface area contributed by atoms with Crippen molar-refractivity contribution in [1.29, 1.82) is 0 Å². The van der Waals surface area contributed by atoms with Crippen molar-refractivity contribution in [3.63, 3.8) is 0 Å². The van der Waals surface area contributed by atoms with Gasteiger partial charge in [-0.3, -0.25) is 9.52 Å². The van der Waals surface area contributed by atoms with E-state index < -0.39 is 11.0 Å².